The maximum atomic E-state index is 12.1. The summed E-state index contributed by atoms with van der Waals surface area (Å²) in [4.78, 5) is 4.67. The number of aliphatic imine (C=N–C) groups is 1. The molecule has 0 heterocycles. The molecule has 0 spiro atoms. The Morgan fingerprint density at radius 3 is 2.92 bits per heavy atom. The van der Waals surface area contributed by atoms with Crippen LogP contribution in [0, 0.1) is 0 Å². The first-order chi connectivity index (χ1) is 11.6. The van der Waals surface area contributed by atoms with Crippen LogP contribution in [0.15, 0.2) is 29.3 Å². The Balaban J connectivity index is 1.97. The molecular weight excluding hydrogens is 342 g/mol. The van der Waals surface area contributed by atoms with E-state index in [1.165, 1.54) is 0 Å². The van der Waals surface area contributed by atoms with Crippen molar-refractivity contribution >= 4 is 28.4 Å². The summed E-state index contributed by atoms with van der Waals surface area (Å²) in [6.45, 7) is 5.47. The fourth-order valence-corrected chi connectivity index (χ4v) is 4.63. The Hall–Kier alpha value is -1.07. The van der Waals surface area contributed by atoms with E-state index in [4.69, 9.17) is 11.6 Å². The van der Waals surface area contributed by atoms with Gasteiger partial charge in [0, 0.05) is 39.4 Å². The molecule has 1 aliphatic rings. The average molecular weight is 370 g/mol. The van der Waals surface area contributed by atoms with Crippen LogP contribution in [0.5, 0.6) is 0 Å². The standard InChI is InChI=1S/C18H28ClN3OS/c1-3-20-18(21-13-14-7-5-8-15(19)11-14)22-16-9-6-10-17(12-16)24(23)4-2/h5,7-8,11,16-17H,3-4,6,9-10,12-13H2,1-2H3,(H2,20,21,22). The maximum Gasteiger partial charge on any atom is 0.191 e. The van der Waals surface area contributed by atoms with Gasteiger partial charge in [0.25, 0.3) is 0 Å². The highest BCUT2D eigenvalue weighted by atomic mass is 35.5. The van der Waals surface area contributed by atoms with Crippen LogP contribution in [0.4, 0.5) is 0 Å². The summed E-state index contributed by atoms with van der Waals surface area (Å²) in [5.74, 6) is 1.57. The van der Waals surface area contributed by atoms with Gasteiger partial charge in [-0.25, -0.2) is 4.99 Å². The third-order valence-corrected chi connectivity index (χ3v) is 6.25. The van der Waals surface area contributed by atoms with E-state index in [9.17, 15) is 4.21 Å². The van der Waals surface area contributed by atoms with E-state index in [-0.39, 0.29) is 0 Å². The molecule has 24 heavy (non-hydrogen) atoms. The first kappa shape index (κ1) is 19.3. The number of hydrogen-bond acceptors (Lipinski definition) is 2. The zero-order valence-corrected chi connectivity index (χ0v) is 16.1. The average Bonchev–Trinajstić information content (AvgIpc) is 2.59. The molecule has 6 heteroatoms. The Morgan fingerprint density at radius 2 is 2.21 bits per heavy atom. The van der Waals surface area contributed by atoms with Gasteiger partial charge in [-0.3, -0.25) is 4.21 Å². The van der Waals surface area contributed by atoms with Gasteiger partial charge in [-0.1, -0.05) is 37.1 Å². The highest BCUT2D eigenvalue weighted by Crippen LogP contribution is 2.23. The minimum Gasteiger partial charge on any atom is -0.357 e. The zero-order chi connectivity index (χ0) is 17.4. The van der Waals surface area contributed by atoms with Crippen LogP contribution < -0.4 is 10.6 Å². The molecule has 1 saturated carbocycles. The largest absolute Gasteiger partial charge is 0.357 e. The molecule has 0 aromatic heterocycles. The minimum absolute atomic E-state index is 0.317. The van der Waals surface area contributed by atoms with Gasteiger partial charge in [-0.15, -0.1) is 0 Å². The third-order valence-electron chi connectivity index (χ3n) is 4.28. The van der Waals surface area contributed by atoms with Crippen LogP contribution in [0.1, 0.15) is 45.1 Å². The molecule has 4 nitrogen and oxygen atoms in total. The Bertz CT molecular complexity index is 579. The smallest absolute Gasteiger partial charge is 0.191 e. The SMILES string of the molecule is CCNC(=NCc1cccc(Cl)c1)NC1CCCC(S(=O)CC)C1. The normalized spacial score (nSPS) is 22.9. The third kappa shape index (κ3) is 6.10. The number of rotatable bonds is 6. The van der Waals surface area contributed by atoms with E-state index >= 15 is 0 Å². The van der Waals surface area contributed by atoms with Crippen molar-refractivity contribution in [3.8, 4) is 0 Å². The molecule has 0 radical (unpaired) electrons. The fourth-order valence-electron chi connectivity index (χ4n) is 3.07. The predicted octanol–water partition coefficient (Wildman–Crippen LogP) is 3.47. The Morgan fingerprint density at radius 1 is 1.38 bits per heavy atom. The fraction of sp³-hybridized carbons (Fsp3) is 0.611. The summed E-state index contributed by atoms with van der Waals surface area (Å²) in [5, 5.41) is 7.88. The second-order valence-corrected chi connectivity index (χ2v) is 8.57. The van der Waals surface area contributed by atoms with Crippen molar-refractivity contribution in [1.29, 1.82) is 0 Å². The lowest BCUT2D eigenvalue weighted by Gasteiger charge is -2.30. The summed E-state index contributed by atoms with van der Waals surface area (Å²) >= 11 is 6.03. The van der Waals surface area contributed by atoms with Gasteiger partial charge >= 0.3 is 0 Å². The van der Waals surface area contributed by atoms with Gasteiger partial charge in [-0.2, -0.15) is 0 Å². The van der Waals surface area contributed by atoms with Crippen LogP contribution in [0.2, 0.25) is 5.02 Å². The van der Waals surface area contributed by atoms with E-state index in [1.807, 2.05) is 31.2 Å². The lowest BCUT2D eigenvalue weighted by molar-refractivity contribution is 0.413. The second kappa shape index (κ2) is 10.0. The number of nitrogens with one attached hydrogen (secondary N) is 2. The lowest BCUT2D eigenvalue weighted by Crippen LogP contribution is -2.46. The van der Waals surface area contributed by atoms with Gasteiger partial charge in [0.2, 0.25) is 0 Å². The molecule has 0 aliphatic heterocycles. The molecule has 134 valence electrons. The van der Waals surface area contributed by atoms with Crippen molar-refractivity contribution < 1.29 is 4.21 Å². The Labute approximate surface area is 152 Å². The molecule has 2 N–H and O–H groups in total. The van der Waals surface area contributed by atoms with Crippen molar-refractivity contribution in [3.05, 3.63) is 34.9 Å². The maximum absolute atomic E-state index is 12.1. The molecule has 0 saturated heterocycles. The quantitative estimate of drug-likeness (QED) is 0.596. The molecular formula is C18H28ClN3OS. The van der Waals surface area contributed by atoms with E-state index < -0.39 is 10.8 Å². The van der Waals surface area contributed by atoms with Crippen molar-refractivity contribution in [2.24, 2.45) is 4.99 Å². The van der Waals surface area contributed by atoms with Crippen LogP contribution in [-0.4, -0.2) is 33.8 Å². The molecule has 1 fully saturated rings. The van der Waals surface area contributed by atoms with Gasteiger partial charge in [0.1, 0.15) is 0 Å². The molecule has 0 amide bonds. The van der Waals surface area contributed by atoms with Crippen molar-refractivity contribution in [2.75, 3.05) is 12.3 Å². The van der Waals surface area contributed by atoms with Crippen LogP contribution in [-0.2, 0) is 17.3 Å². The minimum atomic E-state index is -0.704. The molecule has 1 aromatic carbocycles. The van der Waals surface area contributed by atoms with Gasteiger partial charge in [-0.05, 0) is 43.9 Å². The number of benzene rings is 1. The van der Waals surface area contributed by atoms with Gasteiger partial charge in [0.05, 0.1) is 6.54 Å². The molecule has 1 aromatic rings. The first-order valence-corrected chi connectivity index (χ1v) is 10.5. The number of guanidine groups is 1. The highest BCUT2D eigenvalue weighted by molar-refractivity contribution is 7.85. The summed E-state index contributed by atoms with van der Waals surface area (Å²) in [5.41, 5.74) is 1.09. The van der Waals surface area contributed by atoms with E-state index in [0.717, 1.165) is 54.5 Å². The molecule has 1 aliphatic carbocycles. The number of nitrogens with zero attached hydrogens (tertiary/aromatic N) is 1. The number of halogens is 1. The highest BCUT2D eigenvalue weighted by Gasteiger charge is 2.25. The van der Waals surface area contributed by atoms with Crippen LogP contribution in [0.3, 0.4) is 0 Å². The second-order valence-electron chi connectivity index (χ2n) is 6.12. The summed E-state index contributed by atoms with van der Waals surface area (Å²) in [6.07, 6.45) is 4.28. The molecule has 0 bridgehead atoms. The van der Waals surface area contributed by atoms with Crippen molar-refractivity contribution in [3.63, 3.8) is 0 Å². The van der Waals surface area contributed by atoms with Crippen LogP contribution >= 0.6 is 11.6 Å². The molecule has 2 rings (SSSR count). The van der Waals surface area contributed by atoms with Crippen LogP contribution in [0.25, 0.3) is 0 Å². The predicted molar refractivity (Wildman–Crippen MR) is 104 cm³/mol. The summed E-state index contributed by atoms with van der Waals surface area (Å²) in [7, 11) is -0.704. The molecule has 3 atom stereocenters. The van der Waals surface area contributed by atoms with Crippen molar-refractivity contribution in [1.82, 2.24) is 10.6 Å². The summed E-state index contributed by atoms with van der Waals surface area (Å²) < 4.78 is 12.1. The topological polar surface area (TPSA) is 53.5 Å². The number of hydrogen-bond donors (Lipinski definition) is 2. The van der Waals surface area contributed by atoms with Gasteiger partial charge < -0.3 is 10.6 Å². The van der Waals surface area contributed by atoms with Crippen molar-refractivity contribution in [2.45, 2.75) is 57.4 Å². The first-order valence-electron chi connectivity index (χ1n) is 8.78. The summed E-state index contributed by atoms with van der Waals surface area (Å²) in [6, 6.07) is 8.12. The zero-order valence-electron chi connectivity index (χ0n) is 14.6. The molecule has 3 unspecified atom stereocenters. The monoisotopic (exact) mass is 369 g/mol. The van der Waals surface area contributed by atoms with E-state index in [1.54, 1.807) is 0 Å². The lowest BCUT2D eigenvalue weighted by atomic mass is 9.95. The van der Waals surface area contributed by atoms with E-state index in [2.05, 4.69) is 22.5 Å². The van der Waals surface area contributed by atoms with E-state index in [0.29, 0.717) is 17.8 Å². The Kier molecular flexibility index (Phi) is 8.06. The van der Waals surface area contributed by atoms with Gasteiger partial charge in [0.15, 0.2) is 5.96 Å².